The van der Waals surface area contributed by atoms with Gasteiger partial charge in [0, 0.05) is 0 Å². The molecule has 0 radical (unpaired) electrons. The molecule has 3 nitrogen and oxygen atoms in total. The van der Waals surface area contributed by atoms with Gasteiger partial charge in [0.15, 0.2) is 5.12 Å². The molecular weight excluding hydrogens is 402 g/mol. The molecule has 5 unspecified atom stereocenters. The third kappa shape index (κ3) is 4.78. The van der Waals surface area contributed by atoms with Crippen molar-refractivity contribution in [3.05, 3.63) is 47.6 Å². The second kappa shape index (κ2) is 9.51. The Labute approximate surface area is 192 Å². The molecule has 1 N–H and O–H groups in total. The third-order valence-electron chi connectivity index (χ3n) is 8.40. The fourth-order valence-corrected chi connectivity index (χ4v) is 6.48. The number of nitriles is 1. The van der Waals surface area contributed by atoms with Gasteiger partial charge in [0.05, 0.1) is 23.5 Å². The summed E-state index contributed by atoms with van der Waals surface area (Å²) in [6.07, 6.45) is 19.6. The van der Waals surface area contributed by atoms with Crippen LogP contribution in [0.25, 0.3) is 0 Å². The summed E-state index contributed by atoms with van der Waals surface area (Å²) in [5, 5.41) is 19.6. The highest BCUT2D eigenvalue weighted by Crippen LogP contribution is 2.52. The summed E-state index contributed by atoms with van der Waals surface area (Å²) in [6, 6.07) is 2.40. The largest absolute Gasteiger partial charge is 0.388 e. The van der Waals surface area contributed by atoms with Crippen LogP contribution < -0.4 is 0 Å². The number of carbonyl (C=O) groups excluding carboxylic acids is 1. The highest BCUT2D eigenvalue weighted by molar-refractivity contribution is 7.96. The number of allylic oxidation sites excluding steroid dienone is 6. The Hall–Kier alpha value is -1.57. The molecule has 4 saturated carbocycles. The molecule has 4 rings (SSSR count). The second-order valence-electron chi connectivity index (χ2n) is 10.2. The van der Waals surface area contributed by atoms with Crippen molar-refractivity contribution in [3.63, 3.8) is 0 Å². The smallest absolute Gasteiger partial charge is 0.194 e. The van der Waals surface area contributed by atoms with Crippen LogP contribution in [0.1, 0.15) is 70.6 Å². The number of aliphatic hydroxyl groups is 1. The van der Waals surface area contributed by atoms with E-state index in [4.69, 9.17) is 0 Å². The van der Waals surface area contributed by atoms with E-state index in [0.717, 1.165) is 50.0 Å². The molecule has 4 fully saturated rings. The zero-order valence-electron chi connectivity index (χ0n) is 18.4. The Morgan fingerprint density at radius 2 is 2.06 bits per heavy atom. The maximum atomic E-state index is 11.7. The van der Waals surface area contributed by atoms with E-state index in [-0.39, 0.29) is 11.0 Å². The van der Waals surface area contributed by atoms with Gasteiger partial charge in [0.2, 0.25) is 0 Å². The van der Waals surface area contributed by atoms with Crippen molar-refractivity contribution in [2.24, 2.45) is 29.1 Å². The summed E-state index contributed by atoms with van der Waals surface area (Å²) >= 11 is 3.97. The van der Waals surface area contributed by atoms with Crippen molar-refractivity contribution in [1.29, 1.82) is 5.26 Å². The lowest BCUT2D eigenvalue weighted by molar-refractivity contribution is -0.118. The average Bonchev–Trinajstić information content (AvgIpc) is 3.49. The van der Waals surface area contributed by atoms with E-state index in [1.165, 1.54) is 37.7 Å². The van der Waals surface area contributed by atoms with Gasteiger partial charge in [-0.3, -0.25) is 4.79 Å². The van der Waals surface area contributed by atoms with Crippen molar-refractivity contribution in [3.8, 4) is 6.07 Å². The van der Waals surface area contributed by atoms with Crippen LogP contribution in [0.2, 0.25) is 0 Å². The van der Waals surface area contributed by atoms with E-state index in [1.54, 1.807) is 5.57 Å². The Bertz CT molecular complexity index is 857. The normalized spacial score (nSPS) is 35.8. The number of fused-ring (bicyclic) bond motifs is 1. The minimum absolute atomic E-state index is 0.0110. The van der Waals surface area contributed by atoms with Crippen molar-refractivity contribution in [2.45, 2.75) is 76.7 Å². The maximum absolute atomic E-state index is 11.7. The van der Waals surface area contributed by atoms with Crippen LogP contribution in [0.15, 0.2) is 47.6 Å². The monoisotopic (exact) mass is 437 g/mol. The molecule has 0 aromatic rings. The van der Waals surface area contributed by atoms with E-state index in [0.29, 0.717) is 11.8 Å². The van der Waals surface area contributed by atoms with E-state index >= 15 is 0 Å². The molecule has 4 aliphatic rings. The van der Waals surface area contributed by atoms with Gasteiger partial charge in [0.25, 0.3) is 0 Å². The lowest BCUT2D eigenvalue weighted by Gasteiger charge is -2.31. The van der Waals surface area contributed by atoms with E-state index < -0.39 is 11.5 Å². The van der Waals surface area contributed by atoms with Crippen LogP contribution in [-0.2, 0) is 4.79 Å². The van der Waals surface area contributed by atoms with Crippen LogP contribution >= 0.6 is 12.6 Å². The van der Waals surface area contributed by atoms with Crippen molar-refractivity contribution in [1.82, 2.24) is 0 Å². The Morgan fingerprint density at radius 1 is 1.26 bits per heavy atom. The molecule has 0 aromatic carbocycles. The topological polar surface area (TPSA) is 61.1 Å². The first kappa shape index (κ1) is 22.6. The number of carbonyl (C=O) groups is 1. The molecule has 166 valence electrons. The molecule has 0 saturated heterocycles. The number of hydrogen-bond acceptors (Lipinski definition) is 3. The van der Waals surface area contributed by atoms with Crippen LogP contribution in [0, 0.1) is 40.4 Å². The molecule has 4 heteroatoms. The van der Waals surface area contributed by atoms with E-state index in [9.17, 15) is 15.2 Å². The minimum Gasteiger partial charge on any atom is -0.388 e. The quantitative estimate of drug-likeness (QED) is 0.390. The van der Waals surface area contributed by atoms with Crippen molar-refractivity contribution >= 4 is 17.7 Å². The highest BCUT2D eigenvalue weighted by Gasteiger charge is 2.53. The van der Waals surface area contributed by atoms with Crippen molar-refractivity contribution in [2.75, 3.05) is 0 Å². The summed E-state index contributed by atoms with van der Waals surface area (Å²) in [6.45, 7) is 4.06. The summed E-state index contributed by atoms with van der Waals surface area (Å²) < 4.78 is 0. The molecule has 5 atom stereocenters. The second-order valence-corrected chi connectivity index (χ2v) is 10.6. The Kier molecular flexibility index (Phi) is 6.94. The van der Waals surface area contributed by atoms with E-state index in [2.05, 4.69) is 43.5 Å². The highest BCUT2D eigenvalue weighted by atomic mass is 32.1. The Morgan fingerprint density at radius 3 is 2.77 bits per heavy atom. The fourth-order valence-electron chi connectivity index (χ4n) is 6.13. The van der Waals surface area contributed by atoms with Crippen molar-refractivity contribution < 1.29 is 9.90 Å². The predicted octanol–water partition coefficient (Wildman–Crippen LogP) is 6.09. The van der Waals surface area contributed by atoms with Gasteiger partial charge in [-0.2, -0.15) is 5.26 Å². The number of aliphatic hydroxyl groups excluding tert-OH is 1. The predicted molar refractivity (Wildman–Crippen MR) is 127 cm³/mol. The molecule has 4 aliphatic carbocycles. The summed E-state index contributed by atoms with van der Waals surface area (Å²) in [4.78, 5) is 11.7. The fraction of sp³-hybridized carbons (Fsp3) is 0.630. The number of rotatable bonds is 6. The average molecular weight is 438 g/mol. The number of thiol groups is 1. The third-order valence-corrected chi connectivity index (χ3v) is 8.85. The van der Waals surface area contributed by atoms with Crippen LogP contribution in [0.4, 0.5) is 0 Å². The van der Waals surface area contributed by atoms with E-state index in [1.807, 2.05) is 6.08 Å². The molecule has 31 heavy (non-hydrogen) atoms. The molecule has 0 heterocycles. The van der Waals surface area contributed by atoms with Gasteiger partial charge in [-0.1, -0.05) is 47.6 Å². The lowest BCUT2D eigenvalue weighted by Crippen LogP contribution is -2.25. The molecule has 0 amide bonds. The standard InChI is InChI=1S/C27H35NO2S/c1-18-8-9-19(16-22(18)17-28)10-11-20-4-2-6-23-21(12-13-24(20)23)5-3-7-25(29)27(14-15-27)26(30)31/h3,7,10-11,21-25,29H,1-2,4-6,8-9,12-16H2,(H,30,31)/b7-3+,19-10-,20-11+. The van der Waals surface area contributed by atoms with Gasteiger partial charge in [-0.15, -0.1) is 12.6 Å². The summed E-state index contributed by atoms with van der Waals surface area (Å²) in [5.74, 6) is 2.09. The number of nitrogens with zero attached hydrogens (tertiary/aromatic N) is 1. The molecule has 0 spiro atoms. The van der Waals surface area contributed by atoms with Gasteiger partial charge in [-0.05, 0) is 88.4 Å². The summed E-state index contributed by atoms with van der Waals surface area (Å²) in [5.41, 5.74) is 3.48. The first-order chi connectivity index (χ1) is 14.9. The molecule has 0 aliphatic heterocycles. The van der Waals surface area contributed by atoms with Crippen LogP contribution in [0.3, 0.4) is 0 Å². The lowest BCUT2D eigenvalue weighted by atomic mass is 9.74. The molecular formula is C27H35NO2S. The summed E-state index contributed by atoms with van der Waals surface area (Å²) in [7, 11) is 0. The van der Waals surface area contributed by atoms with Gasteiger partial charge < -0.3 is 5.11 Å². The minimum atomic E-state index is -0.688. The van der Waals surface area contributed by atoms with Gasteiger partial charge >= 0.3 is 0 Å². The first-order valence-corrected chi connectivity index (χ1v) is 12.4. The zero-order valence-corrected chi connectivity index (χ0v) is 19.3. The molecule has 0 bridgehead atoms. The number of hydrogen-bond donors (Lipinski definition) is 2. The van der Waals surface area contributed by atoms with Crippen LogP contribution in [-0.4, -0.2) is 16.3 Å². The molecule has 0 aromatic heterocycles. The zero-order chi connectivity index (χ0) is 22.0. The van der Waals surface area contributed by atoms with Crippen LogP contribution in [0.5, 0.6) is 0 Å². The van der Waals surface area contributed by atoms with Gasteiger partial charge in [0.1, 0.15) is 0 Å². The Balaban J connectivity index is 1.36. The van der Waals surface area contributed by atoms with Gasteiger partial charge in [-0.25, -0.2) is 0 Å². The maximum Gasteiger partial charge on any atom is 0.194 e. The SMILES string of the molecule is C=C1CC/C(=C/C=C2\CCCC3C(C/C=C/C(O)C4(C(=O)S)CC4)CCC23)CC1C#N. The first-order valence-electron chi connectivity index (χ1n) is 12.0.